The SMILES string of the molecule is Cc1ccc(CN2CCN(C(=O)C=Cc3cc(C)c(Oc4ccc(OCc5ccc(OC(F)F)cc5)cn4)c(Cl)c3)CC2)cc1.Cl. The lowest BCUT2D eigenvalue weighted by Gasteiger charge is -2.34. The average Bonchev–Trinajstić information content (AvgIpc) is 3.03. The van der Waals surface area contributed by atoms with Gasteiger partial charge in [0.1, 0.15) is 18.1 Å². The van der Waals surface area contributed by atoms with Crippen LogP contribution in [-0.2, 0) is 17.9 Å². The van der Waals surface area contributed by atoms with Crippen LogP contribution in [0.15, 0.2) is 85.1 Å². The maximum Gasteiger partial charge on any atom is 0.387 e. The third-order valence-corrected chi connectivity index (χ3v) is 7.63. The van der Waals surface area contributed by atoms with Gasteiger partial charge in [-0.15, -0.1) is 12.4 Å². The fraction of sp³-hybridized carbons (Fsp3) is 0.257. The number of halogens is 4. The highest BCUT2D eigenvalue weighted by Gasteiger charge is 2.20. The first-order valence-electron chi connectivity index (χ1n) is 14.6. The number of rotatable bonds is 11. The first-order chi connectivity index (χ1) is 21.7. The molecule has 0 atom stereocenters. The summed E-state index contributed by atoms with van der Waals surface area (Å²) in [5.41, 5.74) is 4.90. The number of aromatic nitrogens is 1. The Morgan fingerprint density at radius 2 is 1.61 bits per heavy atom. The normalized spacial score (nSPS) is 13.5. The zero-order chi connectivity index (χ0) is 31.8. The summed E-state index contributed by atoms with van der Waals surface area (Å²) in [5, 5.41) is 0.396. The predicted octanol–water partition coefficient (Wildman–Crippen LogP) is 8.10. The smallest absolute Gasteiger partial charge is 0.387 e. The Kier molecular flexibility index (Phi) is 12.4. The highest BCUT2D eigenvalue weighted by molar-refractivity contribution is 6.32. The number of carbonyl (C=O) groups is 1. The topological polar surface area (TPSA) is 64.1 Å². The molecule has 7 nitrogen and oxygen atoms in total. The molecule has 1 amide bonds. The van der Waals surface area contributed by atoms with Gasteiger partial charge in [-0.05, 0) is 72.5 Å². The van der Waals surface area contributed by atoms with Crippen LogP contribution in [0.4, 0.5) is 8.78 Å². The minimum absolute atomic E-state index is 0. The number of hydrogen-bond donors (Lipinski definition) is 0. The van der Waals surface area contributed by atoms with E-state index < -0.39 is 6.61 Å². The van der Waals surface area contributed by atoms with Crippen molar-refractivity contribution in [3.05, 3.63) is 118 Å². The molecule has 0 radical (unpaired) electrons. The van der Waals surface area contributed by atoms with Crippen LogP contribution >= 0.6 is 24.0 Å². The van der Waals surface area contributed by atoms with Crippen molar-refractivity contribution in [3.8, 4) is 23.1 Å². The summed E-state index contributed by atoms with van der Waals surface area (Å²) in [5.74, 6) is 1.37. The van der Waals surface area contributed by atoms with Gasteiger partial charge in [-0.1, -0.05) is 53.6 Å². The molecule has 242 valence electrons. The fourth-order valence-corrected chi connectivity index (χ4v) is 5.20. The Balaban J connectivity index is 0.00000480. The van der Waals surface area contributed by atoms with Gasteiger partial charge >= 0.3 is 6.61 Å². The minimum Gasteiger partial charge on any atom is -0.487 e. The standard InChI is InChI=1S/C35H34ClF2N3O4.ClH/c1-24-3-5-26(6-4-24)22-40-15-17-41(18-16-40)33(42)14-9-28-19-25(2)34(31(36)20-28)45-32-13-12-30(21-39-32)43-23-27-7-10-29(11-8-27)44-35(37)38;/h3-14,19-21,35H,15-18,22-23H2,1-2H3;1H. The van der Waals surface area contributed by atoms with Crippen molar-refractivity contribution in [1.29, 1.82) is 0 Å². The van der Waals surface area contributed by atoms with E-state index in [9.17, 15) is 13.6 Å². The number of carbonyl (C=O) groups excluding carboxylic acids is 1. The Morgan fingerprint density at radius 1 is 0.935 bits per heavy atom. The average molecular weight is 671 g/mol. The van der Waals surface area contributed by atoms with Crippen molar-refractivity contribution in [1.82, 2.24) is 14.8 Å². The van der Waals surface area contributed by atoms with Crippen molar-refractivity contribution in [2.24, 2.45) is 0 Å². The van der Waals surface area contributed by atoms with Gasteiger partial charge in [0, 0.05) is 44.9 Å². The van der Waals surface area contributed by atoms with E-state index in [2.05, 4.69) is 45.8 Å². The Morgan fingerprint density at radius 3 is 2.24 bits per heavy atom. The van der Waals surface area contributed by atoms with E-state index in [0.29, 0.717) is 35.5 Å². The zero-order valence-corrected chi connectivity index (χ0v) is 27.1. The van der Waals surface area contributed by atoms with Gasteiger partial charge in [0.2, 0.25) is 11.8 Å². The van der Waals surface area contributed by atoms with Crippen LogP contribution in [0.3, 0.4) is 0 Å². The molecule has 1 aromatic heterocycles. The number of ether oxygens (including phenoxy) is 3. The van der Waals surface area contributed by atoms with Crippen molar-refractivity contribution in [2.45, 2.75) is 33.6 Å². The molecule has 11 heteroatoms. The molecule has 0 aliphatic carbocycles. The molecule has 1 saturated heterocycles. The highest BCUT2D eigenvalue weighted by atomic mass is 35.5. The van der Waals surface area contributed by atoms with Crippen LogP contribution in [-0.4, -0.2) is 53.5 Å². The van der Waals surface area contributed by atoms with Crippen molar-refractivity contribution >= 4 is 36.0 Å². The Bertz CT molecular complexity index is 1590. The van der Waals surface area contributed by atoms with Crippen LogP contribution in [0, 0.1) is 13.8 Å². The maximum atomic E-state index is 12.9. The number of aryl methyl sites for hydroxylation is 2. The quantitative estimate of drug-likeness (QED) is 0.150. The second-order valence-electron chi connectivity index (χ2n) is 10.8. The molecule has 3 aromatic carbocycles. The number of nitrogens with zero attached hydrogens (tertiary/aromatic N) is 3. The van der Waals surface area contributed by atoms with Crippen molar-refractivity contribution in [2.75, 3.05) is 26.2 Å². The van der Waals surface area contributed by atoms with E-state index in [1.165, 1.54) is 29.5 Å². The second-order valence-corrected chi connectivity index (χ2v) is 11.2. The molecule has 46 heavy (non-hydrogen) atoms. The predicted molar refractivity (Wildman–Crippen MR) is 177 cm³/mol. The first kappa shape index (κ1) is 34.7. The van der Waals surface area contributed by atoms with Crippen LogP contribution in [0.1, 0.15) is 27.8 Å². The molecule has 1 aliphatic rings. The summed E-state index contributed by atoms with van der Waals surface area (Å²) in [6.07, 6.45) is 4.89. The summed E-state index contributed by atoms with van der Waals surface area (Å²) in [4.78, 5) is 21.4. The number of hydrogen-bond acceptors (Lipinski definition) is 6. The van der Waals surface area contributed by atoms with E-state index in [0.717, 1.165) is 36.3 Å². The zero-order valence-electron chi connectivity index (χ0n) is 25.5. The van der Waals surface area contributed by atoms with Gasteiger partial charge in [-0.3, -0.25) is 9.69 Å². The lowest BCUT2D eigenvalue weighted by Crippen LogP contribution is -2.47. The van der Waals surface area contributed by atoms with Gasteiger partial charge in [-0.25, -0.2) is 4.98 Å². The van der Waals surface area contributed by atoms with E-state index >= 15 is 0 Å². The Hall–Kier alpha value is -4.18. The lowest BCUT2D eigenvalue weighted by molar-refractivity contribution is -0.127. The van der Waals surface area contributed by atoms with E-state index in [1.54, 1.807) is 42.5 Å². The van der Waals surface area contributed by atoms with Crippen LogP contribution < -0.4 is 14.2 Å². The third kappa shape index (κ3) is 9.91. The summed E-state index contributed by atoms with van der Waals surface area (Å²) < 4.78 is 40.7. The van der Waals surface area contributed by atoms with Gasteiger partial charge in [-0.2, -0.15) is 8.78 Å². The molecule has 1 fully saturated rings. The second kappa shape index (κ2) is 16.4. The highest BCUT2D eigenvalue weighted by Crippen LogP contribution is 2.34. The molecule has 0 spiro atoms. The minimum atomic E-state index is -2.87. The number of amides is 1. The summed E-state index contributed by atoms with van der Waals surface area (Å²) in [6.45, 7) is 5.25. The Labute approximate surface area is 278 Å². The van der Waals surface area contributed by atoms with Gasteiger partial charge < -0.3 is 19.1 Å². The number of benzene rings is 3. The van der Waals surface area contributed by atoms with Crippen LogP contribution in [0.5, 0.6) is 23.1 Å². The van der Waals surface area contributed by atoms with Gasteiger partial charge in [0.25, 0.3) is 0 Å². The van der Waals surface area contributed by atoms with Crippen LogP contribution in [0.2, 0.25) is 5.02 Å². The van der Waals surface area contributed by atoms with E-state index in [4.69, 9.17) is 21.1 Å². The molecular formula is C35H35Cl2F2N3O4. The number of alkyl halides is 2. The molecule has 0 unspecified atom stereocenters. The fourth-order valence-electron chi connectivity index (χ4n) is 4.88. The van der Waals surface area contributed by atoms with Crippen molar-refractivity contribution in [3.63, 3.8) is 0 Å². The van der Waals surface area contributed by atoms with Crippen molar-refractivity contribution < 1.29 is 27.8 Å². The first-order valence-corrected chi connectivity index (χ1v) is 14.9. The third-order valence-electron chi connectivity index (χ3n) is 7.35. The summed E-state index contributed by atoms with van der Waals surface area (Å²) in [6, 6.07) is 21.8. The molecular weight excluding hydrogens is 635 g/mol. The molecule has 0 saturated carbocycles. The lowest BCUT2D eigenvalue weighted by atomic mass is 10.1. The molecule has 0 N–H and O–H groups in total. The molecule has 0 bridgehead atoms. The largest absolute Gasteiger partial charge is 0.487 e. The molecule has 2 heterocycles. The number of piperazine rings is 1. The van der Waals surface area contributed by atoms with E-state index in [-0.39, 0.29) is 30.7 Å². The van der Waals surface area contributed by atoms with E-state index in [1.807, 2.05) is 17.9 Å². The van der Waals surface area contributed by atoms with Crippen LogP contribution in [0.25, 0.3) is 6.08 Å². The molecule has 5 rings (SSSR count). The maximum absolute atomic E-state index is 12.9. The summed E-state index contributed by atoms with van der Waals surface area (Å²) in [7, 11) is 0. The molecule has 4 aromatic rings. The number of pyridine rings is 1. The summed E-state index contributed by atoms with van der Waals surface area (Å²) >= 11 is 6.56. The van der Waals surface area contributed by atoms with Gasteiger partial charge in [0.05, 0.1) is 11.2 Å². The monoisotopic (exact) mass is 669 g/mol. The van der Waals surface area contributed by atoms with Gasteiger partial charge in [0.15, 0.2) is 5.75 Å². The molecule has 1 aliphatic heterocycles.